The maximum absolute atomic E-state index is 14.0. The second-order valence-corrected chi connectivity index (χ2v) is 10.4. The van der Waals surface area contributed by atoms with Crippen molar-refractivity contribution >= 4 is 23.5 Å². The number of hydrogen-bond donors (Lipinski definition) is 0. The molecule has 0 radical (unpaired) electrons. The third-order valence-electron chi connectivity index (χ3n) is 7.50. The molecule has 2 aromatic rings. The van der Waals surface area contributed by atoms with Gasteiger partial charge < -0.3 is 18.9 Å². The molecule has 4 heterocycles. The van der Waals surface area contributed by atoms with Gasteiger partial charge in [-0.2, -0.15) is 0 Å². The summed E-state index contributed by atoms with van der Waals surface area (Å²) in [6, 6.07) is 16.7. The van der Waals surface area contributed by atoms with Crippen LogP contribution in [0.2, 0.25) is 0 Å². The molecule has 3 saturated heterocycles. The van der Waals surface area contributed by atoms with E-state index in [2.05, 4.69) is 0 Å². The van der Waals surface area contributed by atoms with Crippen molar-refractivity contribution in [2.45, 2.75) is 57.6 Å². The Balaban J connectivity index is 1.45. The summed E-state index contributed by atoms with van der Waals surface area (Å²) in [6.07, 6.45) is 0.683. The Morgan fingerprint density at radius 1 is 0.947 bits per heavy atom. The largest absolute Gasteiger partial charge is 0.465 e. The fourth-order valence-electron chi connectivity index (χ4n) is 6.10. The second kappa shape index (κ2) is 9.34. The number of esters is 1. The number of rotatable bonds is 6. The van der Waals surface area contributed by atoms with Crippen molar-refractivity contribution in [2.75, 3.05) is 11.5 Å². The first-order valence-electron chi connectivity index (χ1n) is 12.9. The quantitative estimate of drug-likeness (QED) is 0.426. The Hall–Kier alpha value is -3.53. The first-order chi connectivity index (χ1) is 18.3. The van der Waals surface area contributed by atoms with Crippen LogP contribution >= 0.6 is 0 Å². The lowest BCUT2D eigenvalue weighted by Crippen LogP contribution is -2.49. The number of ether oxygens (including phenoxy) is 4. The molecular weight excluding hydrogens is 488 g/mol. The molecule has 3 fully saturated rings. The van der Waals surface area contributed by atoms with Crippen LogP contribution < -0.4 is 4.90 Å². The van der Waals surface area contributed by atoms with E-state index >= 15 is 0 Å². The summed E-state index contributed by atoms with van der Waals surface area (Å²) < 4.78 is 23.6. The zero-order valence-corrected chi connectivity index (χ0v) is 21.5. The number of nitrogens with zero attached hydrogens (tertiary/aromatic N) is 2. The number of likely N-dealkylation sites (tertiary alicyclic amines) is 1. The number of carbonyl (C=O) groups is 3. The number of fused-ring (bicyclic) bond motifs is 2. The Labute approximate surface area is 220 Å². The molecule has 0 saturated carbocycles. The minimum atomic E-state index is -0.974. The lowest BCUT2D eigenvalue weighted by Gasteiger charge is -2.33. The van der Waals surface area contributed by atoms with Crippen molar-refractivity contribution in [3.8, 4) is 0 Å². The van der Waals surface area contributed by atoms with Crippen molar-refractivity contribution in [2.24, 2.45) is 11.8 Å². The van der Waals surface area contributed by atoms with Gasteiger partial charge in [0.15, 0.2) is 5.79 Å². The SMILES string of the molecule is CCOC(=O)[C@H]1[C@H]2C(=O)N(c3ccccc3)C(=O)[C@H]2[C@H](C2=C[C@H]3OC(C)(C)O[C@H]3O2)N1Cc1ccccc1. The average Bonchev–Trinajstić information content (AvgIpc) is 3.57. The predicted octanol–water partition coefficient (Wildman–Crippen LogP) is 3.00. The number of carbonyl (C=O) groups excluding carboxylic acids is 3. The van der Waals surface area contributed by atoms with E-state index in [0.717, 1.165) is 5.56 Å². The fraction of sp³-hybridized carbons (Fsp3) is 0.414. The van der Waals surface area contributed by atoms with Crippen LogP contribution in [0.3, 0.4) is 0 Å². The molecule has 198 valence electrons. The van der Waals surface area contributed by atoms with Crippen LogP contribution in [0.15, 0.2) is 72.5 Å². The number of para-hydroxylation sites is 1. The topological polar surface area (TPSA) is 94.6 Å². The summed E-state index contributed by atoms with van der Waals surface area (Å²) in [4.78, 5) is 44.5. The molecule has 0 bridgehead atoms. The monoisotopic (exact) mass is 518 g/mol. The van der Waals surface area contributed by atoms with Crippen LogP contribution in [0.5, 0.6) is 0 Å². The third-order valence-corrected chi connectivity index (χ3v) is 7.50. The molecule has 0 spiro atoms. The smallest absolute Gasteiger partial charge is 0.324 e. The van der Waals surface area contributed by atoms with Gasteiger partial charge in [-0.25, -0.2) is 4.90 Å². The number of benzene rings is 2. The van der Waals surface area contributed by atoms with Crippen molar-refractivity contribution in [3.63, 3.8) is 0 Å². The highest BCUT2D eigenvalue weighted by molar-refractivity contribution is 6.23. The summed E-state index contributed by atoms with van der Waals surface area (Å²) in [5, 5.41) is 0. The fourth-order valence-corrected chi connectivity index (χ4v) is 6.10. The number of amides is 2. The van der Waals surface area contributed by atoms with Gasteiger partial charge in [0.05, 0.1) is 30.2 Å². The Morgan fingerprint density at radius 3 is 2.26 bits per heavy atom. The number of hydrogen-bond acceptors (Lipinski definition) is 8. The van der Waals surface area contributed by atoms with E-state index < -0.39 is 54.0 Å². The summed E-state index contributed by atoms with van der Waals surface area (Å²) >= 11 is 0. The summed E-state index contributed by atoms with van der Waals surface area (Å²) in [7, 11) is 0. The van der Waals surface area contributed by atoms with Gasteiger partial charge in [0.25, 0.3) is 0 Å². The van der Waals surface area contributed by atoms with Gasteiger partial charge in [0.2, 0.25) is 18.1 Å². The molecule has 0 aromatic heterocycles. The molecule has 0 N–H and O–H groups in total. The van der Waals surface area contributed by atoms with E-state index in [4.69, 9.17) is 18.9 Å². The first kappa shape index (κ1) is 24.8. The maximum atomic E-state index is 14.0. The van der Waals surface area contributed by atoms with Crippen LogP contribution in [0, 0.1) is 11.8 Å². The highest BCUT2D eigenvalue weighted by Gasteiger charge is 2.66. The van der Waals surface area contributed by atoms with Crippen molar-refractivity contribution in [1.29, 1.82) is 0 Å². The molecule has 2 amide bonds. The van der Waals surface area contributed by atoms with E-state index in [1.165, 1.54) is 4.90 Å². The van der Waals surface area contributed by atoms with Gasteiger partial charge in [0.1, 0.15) is 17.9 Å². The molecule has 9 heteroatoms. The molecular formula is C29H30N2O7. The molecule has 4 aliphatic heterocycles. The number of anilines is 1. The highest BCUT2D eigenvalue weighted by atomic mass is 16.8. The van der Waals surface area contributed by atoms with E-state index in [1.807, 2.05) is 61.2 Å². The van der Waals surface area contributed by atoms with Gasteiger partial charge in [0, 0.05) is 6.54 Å². The average molecular weight is 519 g/mol. The van der Waals surface area contributed by atoms with E-state index in [0.29, 0.717) is 18.0 Å². The lowest BCUT2D eigenvalue weighted by atomic mass is 9.88. The van der Waals surface area contributed by atoms with Gasteiger partial charge >= 0.3 is 5.97 Å². The van der Waals surface area contributed by atoms with Crippen molar-refractivity contribution in [1.82, 2.24) is 4.90 Å². The Kier molecular flexibility index (Phi) is 6.09. The van der Waals surface area contributed by atoms with Gasteiger partial charge in [-0.15, -0.1) is 0 Å². The van der Waals surface area contributed by atoms with Gasteiger partial charge in [-0.05, 0) is 44.5 Å². The predicted molar refractivity (Wildman–Crippen MR) is 135 cm³/mol. The third kappa shape index (κ3) is 4.02. The van der Waals surface area contributed by atoms with Crippen LogP contribution in [0.25, 0.3) is 0 Å². The maximum Gasteiger partial charge on any atom is 0.324 e. The van der Waals surface area contributed by atoms with Crippen molar-refractivity contribution < 1.29 is 33.3 Å². The summed E-state index contributed by atoms with van der Waals surface area (Å²) in [5.41, 5.74) is 1.40. The summed E-state index contributed by atoms with van der Waals surface area (Å²) in [5.74, 6) is -3.45. The zero-order chi connectivity index (χ0) is 26.6. The number of imide groups is 1. The minimum absolute atomic E-state index is 0.154. The molecule has 2 aromatic carbocycles. The molecule has 6 rings (SSSR count). The first-order valence-corrected chi connectivity index (χ1v) is 12.9. The minimum Gasteiger partial charge on any atom is -0.465 e. The van der Waals surface area contributed by atoms with E-state index in [1.54, 1.807) is 31.2 Å². The summed E-state index contributed by atoms with van der Waals surface area (Å²) in [6.45, 7) is 5.81. The Bertz CT molecular complexity index is 1280. The molecule has 6 atom stereocenters. The lowest BCUT2D eigenvalue weighted by molar-refractivity contribution is -0.184. The van der Waals surface area contributed by atoms with Crippen LogP contribution in [0.1, 0.15) is 26.3 Å². The van der Waals surface area contributed by atoms with Crippen LogP contribution in [-0.2, 0) is 39.9 Å². The van der Waals surface area contributed by atoms with Gasteiger partial charge in [-0.1, -0.05) is 48.5 Å². The zero-order valence-electron chi connectivity index (χ0n) is 21.5. The van der Waals surface area contributed by atoms with E-state index in [9.17, 15) is 14.4 Å². The normalized spacial score (nSPS) is 31.7. The highest BCUT2D eigenvalue weighted by Crippen LogP contribution is 2.49. The molecule has 0 aliphatic carbocycles. The Morgan fingerprint density at radius 2 is 1.61 bits per heavy atom. The van der Waals surface area contributed by atoms with Crippen molar-refractivity contribution in [3.05, 3.63) is 78.1 Å². The second-order valence-electron chi connectivity index (χ2n) is 10.4. The molecule has 0 unspecified atom stereocenters. The van der Waals surface area contributed by atoms with Crippen LogP contribution in [0.4, 0.5) is 5.69 Å². The molecule has 4 aliphatic rings. The van der Waals surface area contributed by atoms with Gasteiger partial charge in [-0.3, -0.25) is 19.3 Å². The van der Waals surface area contributed by atoms with E-state index in [-0.39, 0.29) is 12.5 Å². The molecule has 38 heavy (non-hydrogen) atoms. The molecule has 9 nitrogen and oxygen atoms in total. The van der Waals surface area contributed by atoms with Crippen LogP contribution in [-0.4, -0.2) is 59.6 Å². The standard InChI is InChI=1S/C29H30N2O7/c1-4-35-27(34)24-22-21(25(32)31(26(22)33)18-13-9-6-10-14-18)23(30(24)16-17-11-7-5-8-12-17)19-15-20-28(36-19)38-29(2,3)37-20/h5-15,20-24,28H,4,16H2,1-3H3/t20-,21-,22+,23+,24-,28-/m1/s1.